The number of hydrogen-bond donors (Lipinski definition) is 1. The van der Waals surface area contributed by atoms with Crippen molar-refractivity contribution in [3.63, 3.8) is 0 Å². The Kier molecular flexibility index (Phi) is 9.42. The smallest absolute Gasteiger partial charge is 0.0544 e. The van der Waals surface area contributed by atoms with Crippen LogP contribution in [0.5, 0.6) is 0 Å². The van der Waals surface area contributed by atoms with Crippen LogP contribution < -0.4 is 5.32 Å². The van der Waals surface area contributed by atoms with E-state index in [4.69, 9.17) is 4.74 Å². The summed E-state index contributed by atoms with van der Waals surface area (Å²) in [6.45, 7) is 10.8. The van der Waals surface area contributed by atoms with Crippen LogP contribution in [0, 0.1) is 0 Å². The van der Waals surface area contributed by atoms with Gasteiger partial charge in [-0.1, -0.05) is 13.8 Å². The zero-order chi connectivity index (χ0) is 10.8. The lowest BCUT2D eigenvalue weighted by Crippen LogP contribution is -2.27. The fourth-order valence-corrected chi connectivity index (χ4v) is 1.28. The van der Waals surface area contributed by atoms with E-state index in [1.54, 1.807) is 0 Å². The van der Waals surface area contributed by atoms with E-state index in [-0.39, 0.29) is 0 Å². The molecule has 0 rings (SSSR count). The predicted octanol–water partition coefficient (Wildman–Crippen LogP) is 2.97. The second-order valence-corrected chi connectivity index (χ2v) is 4.09. The van der Waals surface area contributed by atoms with E-state index in [0.29, 0.717) is 12.1 Å². The van der Waals surface area contributed by atoms with Gasteiger partial charge in [0.1, 0.15) is 0 Å². The van der Waals surface area contributed by atoms with Crippen LogP contribution in [-0.4, -0.2) is 25.3 Å². The van der Waals surface area contributed by atoms with Crippen LogP contribution in [0.2, 0.25) is 0 Å². The van der Waals surface area contributed by atoms with E-state index in [9.17, 15) is 0 Å². The third kappa shape index (κ3) is 8.52. The summed E-state index contributed by atoms with van der Waals surface area (Å²) < 4.78 is 5.62. The van der Waals surface area contributed by atoms with E-state index in [1.807, 2.05) is 0 Å². The van der Waals surface area contributed by atoms with Crippen LogP contribution in [0.15, 0.2) is 0 Å². The van der Waals surface area contributed by atoms with Crippen molar-refractivity contribution >= 4 is 0 Å². The summed E-state index contributed by atoms with van der Waals surface area (Å²) in [6, 6.07) is 0.635. The van der Waals surface area contributed by atoms with Gasteiger partial charge in [-0.3, -0.25) is 0 Å². The second kappa shape index (κ2) is 9.47. The van der Waals surface area contributed by atoms with Gasteiger partial charge in [0, 0.05) is 12.6 Å². The van der Waals surface area contributed by atoms with Crippen LogP contribution in [0.4, 0.5) is 0 Å². The molecule has 2 heteroatoms. The van der Waals surface area contributed by atoms with Crippen molar-refractivity contribution in [3.8, 4) is 0 Å². The Morgan fingerprint density at radius 2 is 1.93 bits per heavy atom. The van der Waals surface area contributed by atoms with E-state index in [1.165, 1.54) is 19.3 Å². The highest BCUT2D eigenvalue weighted by atomic mass is 16.5. The summed E-state index contributed by atoms with van der Waals surface area (Å²) in [5.74, 6) is 0. The summed E-state index contributed by atoms with van der Waals surface area (Å²) in [5.41, 5.74) is 0. The molecule has 0 bridgehead atoms. The van der Waals surface area contributed by atoms with Gasteiger partial charge in [0.05, 0.1) is 6.10 Å². The molecule has 2 unspecified atom stereocenters. The lowest BCUT2D eigenvalue weighted by Gasteiger charge is -2.14. The Bertz CT molecular complexity index is 117. The van der Waals surface area contributed by atoms with Gasteiger partial charge in [0.2, 0.25) is 0 Å². The molecule has 2 atom stereocenters. The first-order valence-corrected chi connectivity index (χ1v) is 6.05. The van der Waals surface area contributed by atoms with E-state index >= 15 is 0 Å². The van der Waals surface area contributed by atoms with Gasteiger partial charge in [-0.05, 0) is 46.1 Å². The van der Waals surface area contributed by atoms with Crippen molar-refractivity contribution in [3.05, 3.63) is 0 Å². The maximum Gasteiger partial charge on any atom is 0.0544 e. The Morgan fingerprint density at radius 1 is 1.21 bits per heavy atom. The predicted molar refractivity (Wildman–Crippen MR) is 62.7 cm³/mol. The summed E-state index contributed by atoms with van der Waals surface area (Å²) >= 11 is 0. The maximum absolute atomic E-state index is 5.62. The largest absolute Gasteiger partial charge is 0.379 e. The highest BCUT2D eigenvalue weighted by Gasteiger charge is 2.01. The average molecular weight is 201 g/mol. The molecule has 86 valence electrons. The Labute approximate surface area is 89.4 Å². The van der Waals surface area contributed by atoms with Crippen LogP contribution in [-0.2, 0) is 4.74 Å². The van der Waals surface area contributed by atoms with E-state index < -0.39 is 0 Å². The zero-order valence-electron chi connectivity index (χ0n) is 10.3. The molecule has 0 amide bonds. The molecule has 0 aromatic carbocycles. The Hall–Kier alpha value is -0.0800. The van der Waals surface area contributed by atoms with Crippen molar-refractivity contribution in [1.82, 2.24) is 5.32 Å². The van der Waals surface area contributed by atoms with Gasteiger partial charge in [0.25, 0.3) is 0 Å². The van der Waals surface area contributed by atoms with Gasteiger partial charge < -0.3 is 10.1 Å². The summed E-state index contributed by atoms with van der Waals surface area (Å²) in [5, 5.41) is 3.48. The molecule has 0 aliphatic carbocycles. The first-order valence-electron chi connectivity index (χ1n) is 6.05. The Balaban J connectivity index is 3.18. The molecule has 0 radical (unpaired) electrons. The van der Waals surface area contributed by atoms with E-state index in [0.717, 1.165) is 19.6 Å². The molecule has 0 spiro atoms. The number of rotatable bonds is 9. The minimum Gasteiger partial charge on any atom is -0.379 e. The molecule has 14 heavy (non-hydrogen) atoms. The molecule has 0 aromatic heterocycles. The quantitative estimate of drug-likeness (QED) is 0.579. The minimum atomic E-state index is 0.425. The average Bonchev–Trinajstić information content (AvgIpc) is 2.21. The summed E-state index contributed by atoms with van der Waals surface area (Å²) in [4.78, 5) is 0. The summed E-state index contributed by atoms with van der Waals surface area (Å²) in [6.07, 6.45) is 5.14. The van der Waals surface area contributed by atoms with Crippen LogP contribution in [0.3, 0.4) is 0 Å². The highest BCUT2D eigenvalue weighted by molar-refractivity contribution is 4.59. The summed E-state index contributed by atoms with van der Waals surface area (Å²) in [7, 11) is 0. The normalized spacial score (nSPS) is 15.4. The SMILES string of the molecule is CCCNC(C)CCCOC(C)CC. The standard InChI is InChI=1S/C12H27NO/c1-5-9-13-11(3)8-7-10-14-12(4)6-2/h11-13H,5-10H2,1-4H3. The number of nitrogens with one attached hydrogen (secondary N) is 1. The molecule has 1 N–H and O–H groups in total. The molecular weight excluding hydrogens is 174 g/mol. The van der Waals surface area contributed by atoms with Gasteiger partial charge in [-0.15, -0.1) is 0 Å². The second-order valence-electron chi connectivity index (χ2n) is 4.09. The molecule has 0 aromatic rings. The lowest BCUT2D eigenvalue weighted by molar-refractivity contribution is 0.0600. The van der Waals surface area contributed by atoms with Crippen molar-refractivity contribution in [2.45, 2.75) is 65.5 Å². The first kappa shape index (κ1) is 13.9. The molecule has 2 nitrogen and oxygen atoms in total. The number of hydrogen-bond acceptors (Lipinski definition) is 2. The topological polar surface area (TPSA) is 21.3 Å². The molecule has 0 aliphatic rings. The van der Waals surface area contributed by atoms with Crippen molar-refractivity contribution in [2.24, 2.45) is 0 Å². The van der Waals surface area contributed by atoms with Crippen LogP contribution in [0.1, 0.15) is 53.4 Å². The highest BCUT2D eigenvalue weighted by Crippen LogP contribution is 2.01. The fourth-order valence-electron chi connectivity index (χ4n) is 1.28. The Morgan fingerprint density at radius 3 is 2.50 bits per heavy atom. The monoisotopic (exact) mass is 201 g/mol. The lowest BCUT2D eigenvalue weighted by atomic mass is 10.2. The molecular formula is C12H27NO. The maximum atomic E-state index is 5.62. The molecule has 0 saturated carbocycles. The van der Waals surface area contributed by atoms with Crippen molar-refractivity contribution < 1.29 is 4.74 Å². The number of ether oxygens (including phenoxy) is 1. The fraction of sp³-hybridized carbons (Fsp3) is 1.00. The van der Waals surface area contributed by atoms with Gasteiger partial charge in [-0.2, -0.15) is 0 Å². The third-order valence-electron chi connectivity index (χ3n) is 2.50. The van der Waals surface area contributed by atoms with Gasteiger partial charge in [-0.25, -0.2) is 0 Å². The molecule has 0 saturated heterocycles. The molecule has 0 fully saturated rings. The third-order valence-corrected chi connectivity index (χ3v) is 2.50. The van der Waals surface area contributed by atoms with Crippen molar-refractivity contribution in [1.29, 1.82) is 0 Å². The van der Waals surface area contributed by atoms with Gasteiger partial charge >= 0.3 is 0 Å². The molecule has 0 heterocycles. The van der Waals surface area contributed by atoms with Crippen LogP contribution >= 0.6 is 0 Å². The van der Waals surface area contributed by atoms with Gasteiger partial charge in [0.15, 0.2) is 0 Å². The zero-order valence-corrected chi connectivity index (χ0v) is 10.3. The van der Waals surface area contributed by atoms with Crippen LogP contribution in [0.25, 0.3) is 0 Å². The molecule has 0 aliphatic heterocycles. The first-order chi connectivity index (χ1) is 6.70. The van der Waals surface area contributed by atoms with E-state index in [2.05, 4.69) is 33.0 Å². The minimum absolute atomic E-state index is 0.425. The van der Waals surface area contributed by atoms with Crippen molar-refractivity contribution in [2.75, 3.05) is 13.2 Å².